The summed E-state index contributed by atoms with van der Waals surface area (Å²) in [6.07, 6.45) is 3.42. The van der Waals surface area contributed by atoms with Crippen LogP contribution < -0.4 is 11.1 Å². The van der Waals surface area contributed by atoms with Gasteiger partial charge in [0.05, 0.1) is 11.5 Å². The summed E-state index contributed by atoms with van der Waals surface area (Å²) in [6, 6.07) is 3.66. The molecule has 2 atom stereocenters. The number of hydrogen-bond acceptors (Lipinski definition) is 4. The molecule has 3 rings (SSSR count). The van der Waals surface area contributed by atoms with Crippen molar-refractivity contribution in [2.24, 2.45) is 5.92 Å². The molecule has 2 heterocycles. The van der Waals surface area contributed by atoms with Gasteiger partial charge in [-0.15, -0.1) is 0 Å². The molecule has 3 amide bonds. The molecule has 0 radical (unpaired) electrons. The summed E-state index contributed by atoms with van der Waals surface area (Å²) in [5.41, 5.74) is 5.91. The minimum absolute atomic E-state index is 0.0345. The number of amides is 3. The van der Waals surface area contributed by atoms with E-state index >= 15 is 0 Å². The first kappa shape index (κ1) is 21.1. The summed E-state index contributed by atoms with van der Waals surface area (Å²) in [4.78, 5) is 41.0. The molecular formula is C21H29FN4O3. The minimum atomic E-state index is -0.621. The maximum atomic E-state index is 14.0. The van der Waals surface area contributed by atoms with E-state index in [-0.39, 0.29) is 29.3 Å². The van der Waals surface area contributed by atoms with Gasteiger partial charge >= 0.3 is 0 Å². The monoisotopic (exact) mass is 404 g/mol. The molecule has 1 aromatic carbocycles. The Morgan fingerprint density at radius 3 is 2.79 bits per heavy atom. The minimum Gasteiger partial charge on any atom is -0.399 e. The molecule has 2 aliphatic heterocycles. The number of likely N-dealkylation sites (tertiary alicyclic amines) is 2. The lowest BCUT2D eigenvalue weighted by Crippen LogP contribution is -2.50. The van der Waals surface area contributed by atoms with Gasteiger partial charge in [0.1, 0.15) is 5.82 Å². The van der Waals surface area contributed by atoms with Gasteiger partial charge < -0.3 is 20.9 Å². The number of rotatable bonds is 4. The summed E-state index contributed by atoms with van der Waals surface area (Å²) in [5, 5.41) is 2.87. The Morgan fingerprint density at radius 2 is 2.03 bits per heavy atom. The van der Waals surface area contributed by atoms with Crippen LogP contribution in [0, 0.1) is 11.7 Å². The Labute approximate surface area is 170 Å². The van der Waals surface area contributed by atoms with Crippen LogP contribution in [0.2, 0.25) is 0 Å². The Hall–Kier alpha value is -2.64. The first-order chi connectivity index (χ1) is 13.9. The van der Waals surface area contributed by atoms with Crippen molar-refractivity contribution in [3.8, 4) is 0 Å². The summed E-state index contributed by atoms with van der Waals surface area (Å²) in [5.74, 6) is -1.21. The van der Waals surface area contributed by atoms with Gasteiger partial charge in [0.15, 0.2) is 0 Å². The van der Waals surface area contributed by atoms with Crippen LogP contribution in [-0.2, 0) is 9.59 Å². The number of piperidine rings is 1. The quantitative estimate of drug-likeness (QED) is 0.748. The molecule has 158 valence electrons. The van der Waals surface area contributed by atoms with E-state index in [0.29, 0.717) is 44.7 Å². The zero-order valence-electron chi connectivity index (χ0n) is 16.8. The predicted octanol–water partition coefficient (Wildman–Crippen LogP) is 1.78. The molecule has 3 N–H and O–H groups in total. The summed E-state index contributed by atoms with van der Waals surface area (Å²) in [6.45, 7) is 4.00. The zero-order chi connectivity index (χ0) is 21.0. The average Bonchev–Trinajstić information content (AvgIpc) is 2.95. The third kappa shape index (κ3) is 5.05. The average molecular weight is 404 g/mol. The first-order valence-electron chi connectivity index (χ1n) is 10.3. The highest BCUT2D eigenvalue weighted by Gasteiger charge is 2.33. The van der Waals surface area contributed by atoms with Crippen LogP contribution in [0.1, 0.15) is 49.4 Å². The van der Waals surface area contributed by atoms with Gasteiger partial charge in [-0.05, 0) is 50.8 Å². The third-order valence-electron chi connectivity index (χ3n) is 5.78. The van der Waals surface area contributed by atoms with Crippen molar-refractivity contribution in [3.63, 3.8) is 0 Å². The number of carbonyl (C=O) groups is 3. The van der Waals surface area contributed by atoms with Gasteiger partial charge in [-0.2, -0.15) is 0 Å². The second-order valence-electron chi connectivity index (χ2n) is 7.86. The molecule has 2 fully saturated rings. The summed E-state index contributed by atoms with van der Waals surface area (Å²) >= 11 is 0. The van der Waals surface area contributed by atoms with Crippen molar-refractivity contribution in [1.29, 1.82) is 0 Å². The van der Waals surface area contributed by atoms with Crippen LogP contribution in [0.4, 0.5) is 10.1 Å². The Balaban J connectivity index is 1.65. The second kappa shape index (κ2) is 9.24. The van der Waals surface area contributed by atoms with Crippen molar-refractivity contribution in [1.82, 2.24) is 15.1 Å². The van der Waals surface area contributed by atoms with Gasteiger partial charge in [0.25, 0.3) is 5.91 Å². The zero-order valence-corrected chi connectivity index (χ0v) is 16.8. The molecule has 29 heavy (non-hydrogen) atoms. The van der Waals surface area contributed by atoms with Crippen LogP contribution in [0.15, 0.2) is 18.2 Å². The van der Waals surface area contributed by atoms with E-state index < -0.39 is 11.7 Å². The lowest BCUT2D eigenvalue weighted by Gasteiger charge is -2.35. The topological polar surface area (TPSA) is 95.7 Å². The molecule has 2 saturated heterocycles. The number of nitrogens with one attached hydrogen (secondary N) is 1. The third-order valence-corrected chi connectivity index (χ3v) is 5.78. The predicted molar refractivity (Wildman–Crippen MR) is 107 cm³/mol. The van der Waals surface area contributed by atoms with Crippen LogP contribution in [-0.4, -0.2) is 59.7 Å². The molecule has 0 aliphatic carbocycles. The second-order valence-corrected chi connectivity index (χ2v) is 7.86. The fraction of sp³-hybridized carbons (Fsp3) is 0.571. The normalized spacial score (nSPS) is 22.9. The molecule has 7 nitrogen and oxygen atoms in total. The fourth-order valence-corrected chi connectivity index (χ4v) is 4.12. The van der Waals surface area contributed by atoms with E-state index in [2.05, 4.69) is 5.32 Å². The molecule has 0 saturated carbocycles. The number of nitrogens with two attached hydrogens (primary N) is 1. The van der Waals surface area contributed by atoms with Gasteiger partial charge in [-0.25, -0.2) is 4.39 Å². The maximum absolute atomic E-state index is 14.0. The summed E-state index contributed by atoms with van der Waals surface area (Å²) < 4.78 is 14.0. The highest BCUT2D eigenvalue weighted by atomic mass is 19.1. The molecule has 0 spiro atoms. The highest BCUT2D eigenvalue weighted by Crippen LogP contribution is 2.22. The van der Waals surface area contributed by atoms with E-state index in [4.69, 9.17) is 5.73 Å². The number of anilines is 1. The Bertz CT molecular complexity index is 785. The Kier molecular flexibility index (Phi) is 6.71. The van der Waals surface area contributed by atoms with Crippen LogP contribution >= 0.6 is 0 Å². The SMILES string of the molecule is CCN1CC(C(=O)N2CCCCC(NC(=O)c3cc(N)ccc3F)C2)CCC1=O. The van der Waals surface area contributed by atoms with E-state index in [0.717, 1.165) is 19.3 Å². The molecule has 1 aromatic rings. The lowest BCUT2D eigenvalue weighted by atomic mass is 9.95. The number of hydrogen-bond donors (Lipinski definition) is 2. The van der Waals surface area contributed by atoms with Gasteiger partial charge in [-0.3, -0.25) is 14.4 Å². The number of halogens is 1. The highest BCUT2D eigenvalue weighted by molar-refractivity contribution is 5.95. The van der Waals surface area contributed by atoms with Gasteiger partial charge in [0.2, 0.25) is 11.8 Å². The van der Waals surface area contributed by atoms with Crippen molar-refractivity contribution >= 4 is 23.4 Å². The van der Waals surface area contributed by atoms with E-state index in [1.807, 2.05) is 6.92 Å². The van der Waals surface area contributed by atoms with Crippen molar-refractivity contribution in [2.75, 3.05) is 31.9 Å². The molecule has 0 bridgehead atoms. The van der Waals surface area contributed by atoms with E-state index in [1.54, 1.807) is 9.80 Å². The fourth-order valence-electron chi connectivity index (χ4n) is 4.12. The lowest BCUT2D eigenvalue weighted by molar-refractivity contribution is -0.143. The molecule has 0 aromatic heterocycles. The number of benzene rings is 1. The Morgan fingerprint density at radius 1 is 1.24 bits per heavy atom. The van der Waals surface area contributed by atoms with E-state index in [9.17, 15) is 18.8 Å². The number of carbonyl (C=O) groups excluding carboxylic acids is 3. The van der Waals surface area contributed by atoms with Crippen LogP contribution in [0.3, 0.4) is 0 Å². The van der Waals surface area contributed by atoms with Crippen molar-refractivity contribution in [2.45, 2.75) is 45.1 Å². The smallest absolute Gasteiger partial charge is 0.254 e. The van der Waals surface area contributed by atoms with Gasteiger partial charge in [0, 0.05) is 44.3 Å². The molecule has 2 unspecified atom stereocenters. The van der Waals surface area contributed by atoms with E-state index in [1.165, 1.54) is 18.2 Å². The molecule has 2 aliphatic rings. The van der Waals surface area contributed by atoms with Crippen molar-refractivity contribution in [3.05, 3.63) is 29.6 Å². The van der Waals surface area contributed by atoms with Crippen molar-refractivity contribution < 1.29 is 18.8 Å². The van der Waals surface area contributed by atoms with Crippen LogP contribution in [0.5, 0.6) is 0 Å². The first-order valence-corrected chi connectivity index (χ1v) is 10.3. The number of nitrogens with zero attached hydrogens (tertiary/aromatic N) is 2. The molecular weight excluding hydrogens is 375 g/mol. The largest absolute Gasteiger partial charge is 0.399 e. The maximum Gasteiger partial charge on any atom is 0.254 e. The van der Waals surface area contributed by atoms with Gasteiger partial charge in [-0.1, -0.05) is 0 Å². The standard InChI is InChI=1S/C21H29FN4O3/c1-2-25-12-14(6-9-19(25)27)21(29)26-10-4-3-5-16(13-26)24-20(28)17-11-15(23)7-8-18(17)22/h7-8,11,14,16H,2-6,9-10,12-13,23H2,1H3,(H,24,28). The number of nitrogen functional groups attached to an aromatic ring is 1. The molecule has 8 heteroatoms. The van der Waals surface area contributed by atoms with Crippen LogP contribution in [0.25, 0.3) is 0 Å². The summed E-state index contributed by atoms with van der Waals surface area (Å²) in [7, 11) is 0.